The van der Waals surface area contributed by atoms with Crippen LogP contribution in [0.1, 0.15) is 31.9 Å². The normalized spacial score (nSPS) is 14.8. The van der Waals surface area contributed by atoms with Crippen LogP contribution in [0.5, 0.6) is 0 Å². The van der Waals surface area contributed by atoms with E-state index >= 15 is 0 Å². The molecule has 0 bridgehead atoms. The maximum absolute atomic E-state index is 4.15. The number of hydrogen-bond donors (Lipinski definition) is 1. The van der Waals surface area contributed by atoms with Crippen LogP contribution in [0, 0.1) is 0 Å². The van der Waals surface area contributed by atoms with Crippen LogP contribution in [0.15, 0.2) is 85.4 Å². The van der Waals surface area contributed by atoms with Crippen molar-refractivity contribution in [2.75, 3.05) is 0 Å². The standard InChI is InChI=1S/C19H24N2/c1-5-9-12-16(8-4)13-18(19-14-20-15-21-19)17(10-6-2)11-7-3/h5-12,14-15,18H,2,4,13H2,1,3H3,(H,20,21)/b9-5-,11-7-,16-12+,17-10+. The highest BCUT2D eigenvalue weighted by Crippen LogP contribution is 2.31. The lowest BCUT2D eigenvalue weighted by atomic mass is 9.88. The molecule has 0 aliphatic heterocycles. The molecule has 0 spiro atoms. The van der Waals surface area contributed by atoms with Gasteiger partial charge in [-0.2, -0.15) is 0 Å². The summed E-state index contributed by atoms with van der Waals surface area (Å²) in [5, 5.41) is 0. The Hall–Kier alpha value is -2.35. The molecule has 1 rings (SSSR count). The van der Waals surface area contributed by atoms with Crippen LogP contribution >= 0.6 is 0 Å². The summed E-state index contributed by atoms with van der Waals surface area (Å²) in [4.78, 5) is 7.37. The van der Waals surface area contributed by atoms with E-state index in [1.54, 1.807) is 6.33 Å². The van der Waals surface area contributed by atoms with Gasteiger partial charge in [0.05, 0.1) is 6.33 Å². The first-order chi connectivity index (χ1) is 10.3. The molecule has 0 aliphatic carbocycles. The summed E-state index contributed by atoms with van der Waals surface area (Å²) < 4.78 is 0. The Kier molecular flexibility index (Phi) is 7.59. The molecule has 0 radical (unpaired) electrons. The fourth-order valence-electron chi connectivity index (χ4n) is 2.16. The summed E-state index contributed by atoms with van der Waals surface area (Å²) in [7, 11) is 0. The predicted molar refractivity (Wildman–Crippen MR) is 92.1 cm³/mol. The van der Waals surface area contributed by atoms with E-state index in [1.165, 1.54) is 11.1 Å². The van der Waals surface area contributed by atoms with Crippen molar-refractivity contribution in [3.8, 4) is 0 Å². The summed E-state index contributed by atoms with van der Waals surface area (Å²) in [6.45, 7) is 11.8. The molecule has 21 heavy (non-hydrogen) atoms. The van der Waals surface area contributed by atoms with Gasteiger partial charge < -0.3 is 4.98 Å². The van der Waals surface area contributed by atoms with Gasteiger partial charge in [0.15, 0.2) is 0 Å². The Morgan fingerprint density at radius 1 is 1.29 bits per heavy atom. The van der Waals surface area contributed by atoms with E-state index < -0.39 is 0 Å². The van der Waals surface area contributed by atoms with Gasteiger partial charge in [-0.3, -0.25) is 0 Å². The monoisotopic (exact) mass is 280 g/mol. The molecule has 1 atom stereocenters. The van der Waals surface area contributed by atoms with Gasteiger partial charge in [-0.1, -0.05) is 61.8 Å². The van der Waals surface area contributed by atoms with Crippen LogP contribution in [-0.2, 0) is 0 Å². The number of rotatable bonds is 8. The van der Waals surface area contributed by atoms with Crippen molar-refractivity contribution in [2.45, 2.75) is 26.2 Å². The lowest BCUT2D eigenvalue weighted by Crippen LogP contribution is -2.03. The van der Waals surface area contributed by atoms with Crippen molar-refractivity contribution in [1.29, 1.82) is 0 Å². The van der Waals surface area contributed by atoms with Gasteiger partial charge in [-0.05, 0) is 31.4 Å². The smallest absolute Gasteiger partial charge is 0.0921 e. The quantitative estimate of drug-likeness (QED) is 0.646. The maximum Gasteiger partial charge on any atom is 0.0921 e. The second-order valence-electron chi connectivity index (χ2n) is 4.64. The van der Waals surface area contributed by atoms with Gasteiger partial charge >= 0.3 is 0 Å². The molecule has 0 amide bonds. The summed E-state index contributed by atoms with van der Waals surface area (Å²) in [6.07, 6.45) is 20.5. The average molecular weight is 280 g/mol. The number of hydrogen-bond acceptors (Lipinski definition) is 1. The second kappa shape index (κ2) is 9.54. The number of aromatic nitrogens is 2. The highest BCUT2D eigenvalue weighted by Gasteiger charge is 2.17. The summed E-state index contributed by atoms with van der Waals surface area (Å²) in [6, 6.07) is 0. The fraction of sp³-hybridized carbons (Fsp3) is 0.211. The molecular formula is C19H24N2. The number of nitrogens with one attached hydrogen (secondary N) is 1. The fourth-order valence-corrected chi connectivity index (χ4v) is 2.16. The van der Waals surface area contributed by atoms with Gasteiger partial charge in [-0.25, -0.2) is 4.98 Å². The first-order valence-corrected chi connectivity index (χ1v) is 7.14. The van der Waals surface area contributed by atoms with Gasteiger partial charge in [0.1, 0.15) is 0 Å². The molecule has 0 saturated carbocycles. The average Bonchev–Trinajstić information content (AvgIpc) is 3.01. The van der Waals surface area contributed by atoms with E-state index in [0.717, 1.165) is 12.1 Å². The van der Waals surface area contributed by atoms with Crippen LogP contribution < -0.4 is 0 Å². The number of nitrogens with zero attached hydrogens (tertiary/aromatic N) is 1. The van der Waals surface area contributed by atoms with Crippen LogP contribution in [0.4, 0.5) is 0 Å². The van der Waals surface area contributed by atoms with Crippen LogP contribution in [0.25, 0.3) is 0 Å². The highest BCUT2D eigenvalue weighted by atomic mass is 14.9. The second-order valence-corrected chi connectivity index (χ2v) is 4.64. The highest BCUT2D eigenvalue weighted by molar-refractivity contribution is 5.37. The summed E-state index contributed by atoms with van der Waals surface area (Å²) >= 11 is 0. The molecule has 110 valence electrons. The molecule has 2 heteroatoms. The summed E-state index contributed by atoms with van der Waals surface area (Å²) in [5.41, 5.74) is 3.48. The largest absolute Gasteiger partial charge is 0.348 e. The van der Waals surface area contributed by atoms with E-state index in [9.17, 15) is 0 Å². The Morgan fingerprint density at radius 3 is 2.62 bits per heavy atom. The molecular weight excluding hydrogens is 256 g/mol. The minimum absolute atomic E-state index is 0.205. The van der Waals surface area contributed by atoms with Crippen molar-refractivity contribution in [2.24, 2.45) is 0 Å². The molecule has 1 aromatic heterocycles. The summed E-state index contributed by atoms with van der Waals surface area (Å²) in [5.74, 6) is 0.205. The zero-order valence-electron chi connectivity index (χ0n) is 12.9. The molecule has 2 nitrogen and oxygen atoms in total. The van der Waals surface area contributed by atoms with Gasteiger partial charge in [0.25, 0.3) is 0 Å². The van der Waals surface area contributed by atoms with E-state index in [4.69, 9.17) is 0 Å². The molecule has 0 saturated heterocycles. The van der Waals surface area contributed by atoms with Crippen molar-refractivity contribution in [3.05, 3.63) is 91.1 Å². The van der Waals surface area contributed by atoms with Gasteiger partial charge in [0, 0.05) is 17.8 Å². The predicted octanol–water partition coefficient (Wildman–Crippen LogP) is 5.26. The van der Waals surface area contributed by atoms with Crippen molar-refractivity contribution >= 4 is 0 Å². The van der Waals surface area contributed by atoms with E-state index in [1.807, 2.05) is 56.5 Å². The van der Waals surface area contributed by atoms with E-state index in [0.29, 0.717) is 0 Å². The van der Waals surface area contributed by atoms with Gasteiger partial charge in [-0.15, -0.1) is 0 Å². The lowest BCUT2D eigenvalue weighted by Gasteiger charge is -2.17. The Bertz CT molecular complexity index is 554. The minimum atomic E-state index is 0.205. The van der Waals surface area contributed by atoms with Crippen molar-refractivity contribution in [3.63, 3.8) is 0 Å². The maximum atomic E-state index is 4.15. The van der Waals surface area contributed by atoms with E-state index in [-0.39, 0.29) is 5.92 Å². The van der Waals surface area contributed by atoms with Gasteiger partial charge in [0.2, 0.25) is 0 Å². The Balaban J connectivity index is 3.17. The van der Waals surface area contributed by atoms with Crippen LogP contribution in [0.3, 0.4) is 0 Å². The minimum Gasteiger partial charge on any atom is -0.348 e. The number of allylic oxidation sites excluding steroid dienone is 10. The molecule has 0 fully saturated rings. The third-order valence-corrected chi connectivity index (χ3v) is 3.17. The van der Waals surface area contributed by atoms with E-state index in [2.05, 4.69) is 35.3 Å². The lowest BCUT2D eigenvalue weighted by molar-refractivity contribution is 0.782. The number of aromatic amines is 1. The molecule has 0 aliphatic rings. The Labute approximate surface area is 128 Å². The SMILES string of the molecule is C=C/C=C(\C=C/C)C(C/C(C=C)=C/C=C\C)c1cnc[nH]1. The number of H-pyrrole nitrogens is 1. The van der Waals surface area contributed by atoms with Crippen LogP contribution in [-0.4, -0.2) is 9.97 Å². The third-order valence-electron chi connectivity index (χ3n) is 3.17. The number of imidazole rings is 1. The first-order valence-electron chi connectivity index (χ1n) is 7.14. The van der Waals surface area contributed by atoms with Crippen molar-refractivity contribution < 1.29 is 0 Å². The zero-order valence-corrected chi connectivity index (χ0v) is 12.9. The topological polar surface area (TPSA) is 28.7 Å². The Morgan fingerprint density at radius 2 is 2.10 bits per heavy atom. The zero-order chi connectivity index (χ0) is 15.5. The molecule has 0 aromatic carbocycles. The molecule has 1 aromatic rings. The molecule has 1 N–H and O–H groups in total. The molecule has 1 heterocycles. The van der Waals surface area contributed by atoms with Crippen LogP contribution in [0.2, 0.25) is 0 Å². The van der Waals surface area contributed by atoms with Crippen molar-refractivity contribution in [1.82, 2.24) is 9.97 Å². The molecule has 1 unspecified atom stereocenters. The first kappa shape index (κ1) is 16.7. The third kappa shape index (κ3) is 5.27.